The van der Waals surface area contributed by atoms with Crippen LogP contribution in [0.3, 0.4) is 0 Å². The third-order valence-corrected chi connectivity index (χ3v) is 5.57. The molecule has 1 aromatic carbocycles. The summed E-state index contributed by atoms with van der Waals surface area (Å²) in [5.74, 6) is 0.678. The van der Waals surface area contributed by atoms with E-state index in [0.717, 1.165) is 26.6 Å². The molecule has 4 nitrogen and oxygen atoms in total. The maximum absolute atomic E-state index is 12.6. The molecule has 0 radical (unpaired) electrons. The van der Waals surface area contributed by atoms with Gasteiger partial charge in [-0.15, -0.1) is 0 Å². The van der Waals surface area contributed by atoms with E-state index in [0.29, 0.717) is 12.0 Å². The van der Waals surface area contributed by atoms with Crippen LogP contribution in [0.2, 0.25) is 0 Å². The van der Waals surface area contributed by atoms with Crippen molar-refractivity contribution >= 4 is 39.4 Å². The molecule has 1 amide bonds. The summed E-state index contributed by atoms with van der Waals surface area (Å²) in [7, 11) is 0. The number of rotatable bonds is 4. The van der Waals surface area contributed by atoms with Crippen LogP contribution in [-0.2, 0) is 0 Å². The lowest BCUT2D eigenvalue weighted by atomic mass is 9.83. The second-order valence-electron chi connectivity index (χ2n) is 6.16. The van der Waals surface area contributed by atoms with Crippen LogP contribution in [-0.4, -0.2) is 22.1 Å². The predicted molar refractivity (Wildman–Crippen MR) is 96.9 cm³/mol. The predicted octanol–water partition coefficient (Wildman–Crippen LogP) is 4.26. The van der Waals surface area contributed by atoms with E-state index >= 15 is 0 Å². The Balaban J connectivity index is 1.74. The molecular formula is C17H22IN3O. The van der Waals surface area contributed by atoms with Gasteiger partial charge < -0.3 is 5.32 Å². The van der Waals surface area contributed by atoms with Crippen molar-refractivity contribution < 1.29 is 4.79 Å². The van der Waals surface area contributed by atoms with Gasteiger partial charge in [0.2, 0.25) is 0 Å². The zero-order valence-electron chi connectivity index (χ0n) is 12.9. The second kappa shape index (κ2) is 6.98. The first-order valence-electron chi connectivity index (χ1n) is 8.13. The summed E-state index contributed by atoms with van der Waals surface area (Å²) in [5.41, 5.74) is 1.63. The number of halogens is 1. The van der Waals surface area contributed by atoms with Gasteiger partial charge in [-0.25, -0.2) is 0 Å². The largest absolute Gasteiger partial charge is 0.349 e. The second-order valence-corrected chi connectivity index (χ2v) is 7.23. The minimum atomic E-state index is 0.0383. The van der Waals surface area contributed by atoms with Gasteiger partial charge in [0.05, 0.1) is 5.52 Å². The topological polar surface area (TPSA) is 57.8 Å². The van der Waals surface area contributed by atoms with E-state index in [9.17, 15) is 4.79 Å². The number of aromatic amines is 1. The molecule has 0 spiro atoms. The first kappa shape index (κ1) is 15.8. The molecule has 3 rings (SSSR count). The van der Waals surface area contributed by atoms with Crippen molar-refractivity contribution in [3.05, 3.63) is 27.5 Å². The molecule has 0 aliphatic heterocycles. The molecule has 1 aromatic heterocycles. The van der Waals surface area contributed by atoms with E-state index in [1.54, 1.807) is 0 Å². The lowest BCUT2D eigenvalue weighted by Gasteiger charge is -2.30. The molecule has 118 valence electrons. The fraction of sp³-hybridized carbons (Fsp3) is 0.529. The van der Waals surface area contributed by atoms with Crippen LogP contribution in [0.4, 0.5) is 0 Å². The summed E-state index contributed by atoms with van der Waals surface area (Å²) in [4.78, 5) is 12.6. The number of benzene rings is 1. The minimum Gasteiger partial charge on any atom is -0.349 e. The van der Waals surface area contributed by atoms with E-state index in [-0.39, 0.29) is 5.91 Å². The van der Waals surface area contributed by atoms with Crippen LogP contribution in [0.5, 0.6) is 0 Å². The fourth-order valence-corrected chi connectivity index (χ4v) is 4.01. The van der Waals surface area contributed by atoms with Crippen LogP contribution in [0.1, 0.15) is 55.8 Å². The number of hydrogen-bond acceptors (Lipinski definition) is 2. The number of H-pyrrole nitrogens is 1. The molecule has 1 aliphatic carbocycles. The Kier molecular flexibility index (Phi) is 5.00. The smallest absolute Gasteiger partial charge is 0.251 e. The highest BCUT2D eigenvalue weighted by molar-refractivity contribution is 14.1. The van der Waals surface area contributed by atoms with E-state index < -0.39 is 0 Å². The van der Waals surface area contributed by atoms with Gasteiger partial charge >= 0.3 is 0 Å². The highest BCUT2D eigenvalue weighted by atomic mass is 127. The summed E-state index contributed by atoms with van der Waals surface area (Å²) in [5, 5.41) is 11.4. The van der Waals surface area contributed by atoms with Gasteiger partial charge in [0.25, 0.3) is 5.91 Å². The Hall–Kier alpha value is -1.11. The fourth-order valence-electron chi connectivity index (χ4n) is 3.46. The standard InChI is InChI=1S/C17H22IN3O/c1-2-14(11-6-4-3-5-7-11)19-17(22)12-8-9-15-13(10-12)16(18)21-20-15/h8-11,14H,2-7H2,1H3,(H,19,22)(H,20,21). The number of amides is 1. The van der Waals surface area contributed by atoms with Gasteiger partial charge in [-0.05, 0) is 66.0 Å². The Labute approximate surface area is 144 Å². The van der Waals surface area contributed by atoms with Gasteiger partial charge in [-0.2, -0.15) is 5.10 Å². The van der Waals surface area contributed by atoms with Crippen molar-refractivity contribution in [3.63, 3.8) is 0 Å². The molecule has 0 bridgehead atoms. The number of hydrogen-bond donors (Lipinski definition) is 2. The van der Waals surface area contributed by atoms with Crippen LogP contribution in [0.15, 0.2) is 18.2 Å². The van der Waals surface area contributed by atoms with Gasteiger partial charge in [0, 0.05) is 17.0 Å². The third kappa shape index (κ3) is 3.29. The van der Waals surface area contributed by atoms with E-state index in [4.69, 9.17) is 0 Å². The van der Waals surface area contributed by atoms with Gasteiger partial charge in [-0.1, -0.05) is 26.2 Å². The summed E-state index contributed by atoms with van der Waals surface area (Å²) < 4.78 is 0.974. The number of aromatic nitrogens is 2. The number of fused-ring (bicyclic) bond motifs is 1. The highest BCUT2D eigenvalue weighted by Crippen LogP contribution is 2.28. The molecule has 1 saturated carbocycles. The van der Waals surface area contributed by atoms with Crippen molar-refractivity contribution in [3.8, 4) is 0 Å². The normalized spacial score (nSPS) is 17.5. The molecular weight excluding hydrogens is 389 g/mol. The van der Waals surface area contributed by atoms with Crippen molar-refractivity contribution in [1.82, 2.24) is 15.5 Å². The van der Waals surface area contributed by atoms with Gasteiger partial charge in [0.15, 0.2) is 0 Å². The first-order chi connectivity index (χ1) is 10.7. The van der Waals surface area contributed by atoms with Crippen LogP contribution in [0.25, 0.3) is 10.9 Å². The number of carbonyl (C=O) groups is 1. The van der Waals surface area contributed by atoms with Crippen LogP contribution >= 0.6 is 22.6 Å². The Morgan fingerprint density at radius 2 is 2.18 bits per heavy atom. The Morgan fingerprint density at radius 1 is 1.41 bits per heavy atom. The zero-order valence-corrected chi connectivity index (χ0v) is 15.0. The summed E-state index contributed by atoms with van der Waals surface area (Å²) in [6, 6.07) is 6.00. The molecule has 1 atom stereocenters. The first-order valence-corrected chi connectivity index (χ1v) is 9.21. The van der Waals surface area contributed by atoms with Crippen molar-refractivity contribution in [1.29, 1.82) is 0 Å². The molecule has 5 heteroatoms. The van der Waals surface area contributed by atoms with Crippen LogP contribution < -0.4 is 5.32 Å². The molecule has 2 N–H and O–H groups in total. The summed E-state index contributed by atoms with van der Waals surface area (Å²) >= 11 is 2.21. The molecule has 22 heavy (non-hydrogen) atoms. The maximum atomic E-state index is 12.6. The maximum Gasteiger partial charge on any atom is 0.251 e. The number of carbonyl (C=O) groups excluding carboxylic acids is 1. The monoisotopic (exact) mass is 411 g/mol. The van der Waals surface area contributed by atoms with E-state index in [2.05, 4.69) is 45.0 Å². The van der Waals surface area contributed by atoms with Crippen molar-refractivity contribution in [2.45, 2.75) is 51.5 Å². The third-order valence-electron chi connectivity index (χ3n) is 4.74. The van der Waals surface area contributed by atoms with Crippen molar-refractivity contribution in [2.75, 3.05) is 0 Å². The molecule has 2 aromatic rings. The average Bonchev–Trinajstić information content (AvgIpc) is 2.94. The SMILES string of the molecule is CCC(NC(=O)c1ccc2n[nH]c(I)c2c1)C1CCCCC1. The highest BCUT2D eigenvalue weighted by Gasteiger charge is 2.24. The molecule has 1 heterocycles. The van der Waals surface area contributed by atoms with Gasteiger partial charge in [0.1, 0.15) is 3.70 Å². The molecule has 1 aliphatic rings. The Bertz CT molecular complexity index is 661. The quantitative estimate of drug-likeness (QED) is 0.739. The van der Waals surface area contributed by atoms with Crippen LogP contribution in [0, 0.1) is 9.62 Å². The Morgan fingerprint density at radius 3 is 2.91 bits per heavy atom. The molecule has 1 fully saturated rings. The lowest BCUT2D eigenvalue weighted by molar-refractivity contribution is 0.0911. The van der Waals surface area contributed by atoms with E-state index in [1.807, 2.05) is 18.2 Å². The van der Waals surface area contributed by atoms with E-state index in [1.165, 1.54) is 32.1 Å². The number of nitrogens with one attached hydrogen (secondary N) is 2. The minimum absolute atomic E-state index is 0.0383. The average molecular weight is 411 g/mol. The lowest BCUT2D eigenvalue weighted by Crippen LogP contribution is -2.40. The zero-order chi connectivity index (χ0) is 15.5. The summed E-state index contributed by atoms with van der Waals surface area (Å²) in [6.07, 6.45) is 7.44. The molecule has 0 saturated heterocycles. The van der Waals surface area contributed by atoms with Crippen molar-refractivity contribution in [2.24, 2.45) is 5.92 Å². The molecule has 1 unspecified atom stereocenters. The number of nitrogens with zero attached hydrogens (tertiary/aromatic N) is 1. The summed E-state index contributed by atoms with van der Waals surface area (Å²) in [6.45, 7) is 2.17. The van der Waals surface area contributed by atoms with Gasteiger partial charge in [-0.3, -0.25) is 9.89 Å².